The highest BCUT2D eigenvalue weighted by molar-refractivity contribution is 5.85. The highest BCUT2D eigenvalue weighted by atomic mass is 35.5. The molecule has 0 aliphatic carbocycles. The molecule has 0 bridgehead atoms. The van der Waals surface area contributed by atoms with Crippen LogP contribution in [-0.2, 0) is 6.54 Å². The lowest BCUT2D eigenvalue weighted by Crippen LogP contribution is -2.52. The Hall–Kier alpha value is -0.290. The fraction of sp³-hybridized carbons (Fsp3) is 0.750. The highest BCUT2D eigenvalue weighted by Crippen LogP contribution is 2.27. The van der Waals surface area contributed by atoms with Crippen molar-refractivity contribution in [3.05, 3.63) is 18.5 Å². The van der Waals surface area contributed by atoms with Gasteiger partial charge in [-0.1, -0.05) is 13.8 Å². The minimum atomic E-state index is 0. The van der Waals surface area contributed by atoms with Crippen LogP contribution in [0.5, 0.6) is 0 Å². The summed E-state index contributed by atoms with van der Waals surface area (Å²) in [6.07, 6.45) is 4.95. The maximum Gasteiger partial charge on any atom is 0.0536 e. The van der Waals surface area contributed by atoms with Crippen molar-refractivity contribution in [2.24, 2.45) is 11.1 Å². The third kappa shape index (κ3) is 4.43. The molecule has 4 nitrogen and oxygen atoms in total. The SMILES string of the molecule is CC1(C)CN(CCn2cccn2)CCC1N.Cl.Cl. The average Bonchev–Trinajstić information content (AvgIpc) is 2.72. The van der Waals surface area contributed by atoms with Gasteiger partial charge in [-0.3, -0.25) is 4.68 Å². The van der Waals surface area contributed by atoms with Gasteiger partial charge in [0.15, 0.2) is 0 Å². The molecule has 1 saturated heterocycles. The van der Waals surface area contributed by atoms with Gasteiger partial charge in [-0.2, -0.15) is 5.10 Å². The van der Waals surface area contributed by atoms with Crippen LogP contribution in [0, 0.1) is 5.41 Å². The van der Waals surface area contributed by atoms with Gasteiger partial charge < -0.3 is 10.6 Å². The topological polar surface area (TPSA) is 47.1 Å². The lowest BCUT2D eigenvalue weighted by atomic mass is 9.80. The number of halogens is 2. The zero-order valence-corrected chi connectivity index (χ0v) is 12.7. The molecular formula is C12H24Cl2N4. The van der Waals surface area contributed by atoms with E-state index in [0.717, 1.165) is 32.6 Å². The van der Waals surface area contributed by atoms with E-state index in [1.54, 1.807) is 0 Å². The van der Waals surface area contributed by atoms with Crippen LogP contribution in [0.2, 0.25) is 0 Å². The summed E-state index contributed by atoms with van der Waals surface area (Å²) in [4.78, 5) is 2.49. The second kappa shape index (κ2) is 7.34. The second-order valence-electron chi connectivity index (χ2n) is 5.43. The smallest absolute Gasteiger partial charge is 0.0536 e. The number of nitrogens with zero attached hydrogens (tertiary/aromatic N) is 3. The third-order valence-electron chi connectivity index (χ3n) is 3.60. The Balaban J connectivity index is 0.00000144. The van der Waals surface area contributed by atoms with E-state index < -0.39 is 0 Å². The summed E-state index contributed by atoms with van der Waals surface area (Å²) in [6.45, 7) is 8.77. The summed E-state index contributed by atoms with van der Waals surface area (Å²) in [7, 11) is 0. The van der Waals surface area contributed by atoms with E-state index in [1.165, 1.54) is 0 Å². The Kier molecular flexibility index (Phi) is 7.22. The molecule has 106 valence electrons. The quantitative estimate of drug-likeness (QED) is 0.925. The highest BCUT2D eigenvalue weighted by Gasteiger charge is 2.32. The lowest BCUT2D eigenvalue weighted by Gasteiger charge is -2.42. The van der Waals surface area contributed by atoms with Crippen LogP contribution in [0.15, 0.2) is 18.5 Å². The molecule has 1 aromatic heterocycles. The number of nitrogens with two attached hydrogens (primary N) is 1. The van der Waals surface area contributed by atoms with Gasteiger partial charge in [0, 0.05) is 31.5 Å². The van der Waals surface area contributed by atoms with E-state index in [9.17, 15) is 0 Å². The van der Waals surface area contributed by atoms with Crippen molar-refractivity contribution >= 4 is 24.8 Å². The monoisotopic (exact) mass is 294 g/mol. The molecule has 18 heavy (non-hydrogen) atoms. The minimum Gasteiger partial charge on any atom is -0.327 e. The van der Waals surface area contributed by atoms with E-state index in [1.807, 2.05) is 23.1 Å². The average molecular weight is 295 g/mol. The molecule has 0 radical (unpaired) electrons. The van der Waals surface area contributed by atoms with Crippen LogP contribution in [0.3, 0.4) is 0 Å². The summed E-state index contributed by atoms with van der Waals surface area (Å²) < 4.78 is 1.99. The predicted octanol–water partition coefficient (Wildman–Crippen LogP) is 1.79. The van der Waals surface area contributed by atoms with Crippen LogP contribution in [0.25, 0.3) is 0 Å². The van der Waals surface area contributed by atoms with Gasteiger partial charge in [0.25, 0.3) is 0 Å². The number of aromatic nitrogens is 2. The standard InChI is InChI=1S/C12H22N4.2ClH/c1-12(2)10-15(7-4-11(12)13)8-9-16-6-3-5-14-16;;/h3,5-6,11H,4,7-10,13H2,1-2H3;2*1H. The Morgan fingerprint density at radius 2 is 2.06 bits per heavy atom. The molecule has 2 rings (SSSR count). The lowest BCUT2D eigenvalue weighted by molar-refractivity contribution is 0.0917. The summed E-state index contributed by atoms with van der Waals surface area (Å²) in [6, 6.07) is 2.31. The molecule has 2 N–H and O–H groups in total. The first-order chi connectivity index (χ1) is 7.58. The van der Waals surface area contributed by atoms with E-state index in [2.05, 4.69) is 23.8 Å². The first-order valence-electron chi connectivity index (χ1n) is 6.03. The molecule has 1 atom stereocenters. The van der Waals surface area contributed by atoms with Crippen molar-refractivity contribution in [3.8, 4) is 0 Å². The van der Waals surface area contributed by atoms with Crippen LogP contribution < -0.4 is 5.73 Å². The maximum absolute atomic E-state index is 6.12. The number of hydrogen-bond acceptors (Lipinski definition) is 3. The number of likely N-dealkylation sites (tertiary alicyclic amines) is 1. The summed E-state index contributed by atoms with van der Waals surface area (Å²) in [5, 5.41) is 4.22. The Bertz CT molecular complexity index is 327. The molecule has 6 heteroatoms. The van der Waals surface area contributed by atoms with Crippen LogP contribution in [0.1, 0.15) is 20.3 Å². The minimum absolute atomic E-state index is 0. The van der Waals surface area contributed by atoms with E-state index in [-0.39, 0.29) is 30.2 Å². The van der Waals surface area contributed by atoms with Crippen molar-refractivity contribution in [1.29, 1.82) is 0 Å². The number of hydrogen-bond donors (Lipinski definition) is 1. The molecule has 0 saturated carbocycles. The molecule has 1 aliphatic rings. The molecular weight excluding hydrogens is 271 g/mol. The van der Waals surface area contributed by atoms with Gasteiger partial charge in [0.2, 0.25) is 0 Å². The summed E-state index contributed by atoms with van der Waals surface area (Å²) >= 11 is 0. The molecule has 1 aliphatic heterocycles. The largest absolute Gasteiger partial charge is 0.327 e. The molecule has 1 aromatic rings. The second-order valence-corrected chi connectivity index (χ2v) is 5.43. The van der Waals surface area contributed by atoms with Crippen molar-refractivity contribution < 1.29 is 0 Å². The van der Waals surface area contributed by atoms with Crippen molar-refractivity contribution in [1.82, 2.24) is 14.7 Å². The molecule has 1 fully saturated rings. The molecule has 1 unspecified atom stereocenters. The van der Waals surface area contributed by atoms with Crippen molar-refractivity contribution in [2.75, 3.05) is 19.6 Å². The maximum atomic E-state index is 6.12. The van der Waals surface area contributed by atoms with E-state index in [0.29, 0.717) is 6.04 Å². The van der Waals surface area contributed by atoms with Gasteiger partial charge in [0.1, 0.15) is 0 Å². The Morgan fingerprint density at radius 3 is 2.61 bits per heavy atom. The third-order valence-corrected chi connectivity index (χ3v) is 3.60. The van der Waals surface area contributed by atoms with Gasteiger partial charge in [-0.25, -0.2) is 0 Å². The van der Waals surface area contributed by atoms with Gasteiger partial charge in [-0.05, 0) is 24.4 Å². The van der Waals surface area contributed by atoms with Gasteiger partial charge >= 0.3 is 0 Å². The number of rotatable bonds is 3. The normalized spacial score (nSPS) is 22.9. The molecule has 0 amide bonds. The Morgan fingerprint density at radius 1 is 1.33 bits per heavy atom. The van der Waals surface area contributed by atoms with E-state index >= 15 is 0 Å². The zero-order valence-electron chi connectivity index (χ0n) is 11.1. The van der Waals surface area contributed by atoms with Crippen molar-refractivity contribution in [2.45, 2.75) is 32.9 Å². The zero-order chi connectivity index (χ0) is 11.6. The van der Waals surface area contributed by atoms with Crippen LogP contribution in [-0.4, -0.2) is 40.4 Å². The van der Waals surface area contributed by atoms with Crippen LogP contribution >= 0.6 is 24.8 Å². The van der Waals surface area contributed by atoms with Crippen LogP contribution in [0.4, 0.5) is 0 Å². The van der Waals surface area contributed by atoms with Gasteiger partial charge in [0.05, 0.1) is 6.54 Å². The fourth-order valence-electron chi connectivity index (χ4n) is 2.35. The predicted molar refractivity (Wildman–Crippen MR) is 79.5 cm³/mol. The summed E-state index contributed by atoms with van der Waals surface area (Å²) in [5.41, 5.74) is 6.36. The fourth-order valence-corrected chi connectivity index (χ4v) is 2.35. The first kappa shape index (κ1) is 17.7. The number of piperidine rings is 1. The summed E-state index contributed by atoms with van der Waals surface area (Å²) in [5.74, 6) is 0. The Labute approximate surface area is 122 Å². The molecule has 0 aromatic carbocycles. The van der Waals surface area contributed by atoms with E-state index in [4.69, 9.17) is 5.73 Å². The van der Waals surface area contributed by atoms with Gasteiger partial charge in [-0.15, -0.1) is 24.8 Å². The molecule has 2 heterocycles. The molecule has 0 spiro atoms. The van der Waals surface area contributed by atoms with Crippen molar-refractivity contribution in [3.63, 3.8) is 0 Å². The first-order valence-corrected chi connectivity index (χ1v) is 6.03.